The Bertz CT molecular complexity index is 1320. The van der Waals surface area contributed by atoms with Crippen LogP contribution < -0.4 is 16.4 Å². The lowest BCUT2D eigenvalue weighted by Crippen LogP contribution is -2.11. The number of carbonyl (C=O) groups is 1. The van der Waals surface area contributed by atoms with Gasteiger partial charge in [0.15, 0.2) is 5.13 Å². The highest BCUT2D eigenvalue weighted by molar-refractivity contribution is 7.90. The summed E-state index contributed by atoms with van der Waals surface area (Å²) in [6.07, 6.45) is 4.61. The van der Waals surface area contributed by atoms with E-state index < -0.39 is 9.84 Å². The highest BCUT2D eigenvalue weighted by atomic mass is 32.2. The maximum Gasteiger partial charge on any atom is 0.224 e. The van der Waals surface area contributed by atoms with Gasteiger partial charge in [-0.1, -0.05) is 42.1 Å². The Hall–Kier alpha value is -3.29. The number of aromatic nitrogens is 1. The molecule has 10 heteroatoms. The quantitative estimate of drug-likeness (QED) is 0.244. The van der Waals surface area contributed by atoms with Crippen LogP contribution in [0.5, 0.6) is 5.75 Å². The largest absolute Gasteiger partial charge is 0.506 e. The van der Waals surface area contributed by atoms with Crippen molar-refractivity contribution in [3.8, 4) is 17.6 Å². The van der Waals surface area contributed by atoms with Gasteiger partial charge in [0.2, 0.25) is 5.91 Å². The van der Waals surface area contributed by atoms with E-state index in [0.717, 1.165) is 29.6 Å². The molecule has 0 saturated carbocycles. The molecule has 0 saturated heterocycles. The average molecular weight is 501 g/mol. The molecular formula is C24H28N4O4S2. The number of nitrogens with zero attached hydrogens (tertiary/aromatic N) is 1. The summed E-state index contributed by atoms with van der Waals surface area (Å²) in [6.45, 7) is 0.383. The summed E-state index contributed by atoms with van der Waals surface area (Å²) >= 11 is 1.30. The minimum Gasteiger partial charge on any atom is -0.506 e. The number of thiazole rings is 1. The number of hydrogen-bond acceptors (Lipinski definition) is 8. The number of sulfone groups is 1. The van der Waals surface area contributed by atoms with Gasteiger partial charge in [-0.05, 0) is 43.2 Å². The van der Waals surface area contributed by atoms with Crippen LogP contribution in [0.2, 0.25) is 0 Å². The Morgan fingerprint density at radius 3 is 2.71 bits per heavy atom. The summed E-state index contributed by atoms with van der Waals surface area (Å²) in [7, 11) is -2.91. The van der Waals surface area contributed by atoms with Crippen molar-refractivity contribution in [2.24, 2.45) is 0 Å². The second kappa shape index (κ2) is 11.7. The van der Waals surface area contributed by atoms with Gasteiger partial charge >= 0.3 is 0 Å². The van der Waals surface area contributed by atoms with Gasteiger partial charge in [-0.3, -0.25) is 4.79 Å². The zero-order valence-corrected chi connectivity index (χ0v) is 20.6. The predicted molar refractivity (Wildman–Crippen MR) is 139 cm³/mol. The Morgan fingerprint density at radius 2 is 1.91 bits per heavy atom. The molecule has 0 bridgehead atoms. The lowest BCUT2D eigenvalue weighted by Gasteiger charge is -2.08. The number of phenols is 1. The summed E-state index contributed by atoms with van der Waals surface area (Å²) < 4.78 is 23.0. The minimum atomic E-state index is -2.91. The van der Waals surface area contributed by atoms with Gasteiger partial charge in [-0.25, -0.2) is 13.4 Å². The fourth-order valence-corrected chi connectivity index (χ4v) is 4.85. The number of phenolic OH excluding ortho intramolecular Hbond substituents is 1. The molecule has 180 valence electrons. The fraction of sp³-hybridized carbons (Fsp3) is 0.333. The van der Waals surface area contributed by atoms with Crippen LogP contribution in [0.15, 0.2) is 36.4 Å². The van der Waals surface area contributed by atoms with Crippen LogP contribution in [0.4, 0.5) is 16.5 Å². The van der Waals surface area contributed by atoms with Crippen LogP contribution in [-0.2, 0) is 14.6 Å². The summed E-state index contributed by atoms with van der Waals surface area (Å²) in [5.74, 6) is 6.21. The number of benzene rings is 2. The number of nitrogens with two attached hydrogens (primary N) is 1. The van der Waals surface area contributed by atoms with Crippen molar-refractivity contribution >= 4 is 53.8 Å². The van der Waals surface area contributed by atoms with E-state index in [2.05, 4.69) is 27.5 Å². The molecule has 3 aromatic rings. The van der Waals surface area contributed by atoms with E-state index in [-0.39, 0.29) is 17.4 Å². The van der Waals surface area contributed by atoms with Gasteiger partial charge in [-0.2, -0.15) is 0 Å². The van der Waals surface area contributed by atoms with E-state index in [1.54, 1.807) is 6.07 Å². The van der Waals surface area contributed by atoms with Crippen molar-refractivity contribution in [1.29, 1.82) is 0 Å². The first-order valence-corrected chi connectivity index (χ1v) is 13.8. The molecule has 0 aliphatic rings. The Morgan fingerprint density at radius 1 is 1.15 bits per heavy atom. The number of carbonyl (C=O) groups excluding carboxylic acids is 1. The number of rotatable bonds is 10. The molecule has 2 aromatic carbocycles. The van der Waals surface area contributed by atoms with Gasteiger partial charge in [0.25, 0.3) is 0 Å². The van der Waals surface area contributed by atoms with E-state index in [1.807, 2.05) is 30.3 Å². The van der Waals surface area contributed by atoms with Gasteiger partial charge in [0.1, 0.15) is 21.1 Å². The number of aromatic hydroxyl groups is 1. The second-order valence-corrected chi connectivity index (χ2v) is 11.3. The summed E-state index contributed by atoms with van der Waals surface area (Å²) in [4.78, 5) is 16.3. The molecule has 5 N–H and O–H groups in total. The molecule has 1 amide bonds. The number of unbranched alkanes of at least 4 members (excludes halogenated alkanes) is 3. The van der Waals surface area contributed by atoms with Gasteiger partial charge in [-0.15, -0.1) is 0 Å². The molecule has 34 heavy (non-hydrogen) atoms. The van der Waals surface area contributed by atoms with Crippen LogP contribution >= 0.6 is 11.3 Å². The number of fused-ring (bicyclic) bond motifs is 1. The molecule has 0 unspecified atom stereocenters. The Balaban J connectivity index is 1.44. The standard InChI is InChI=1S/C24H28N4O4S2/c1-34(31,32)13-5-3-2-4-11-22(30)27-19-10-6-9-18(16-19)26-12-7-8-17-14-20(29)23-21(15-17)33-24(25)28-23/h6,9-10,14-16,26,29H,2-5,11-13H2,1H3,(H2,25,28)(H,27,30). The Kier molecular flexibility index (Phi) is 8.73. The van der Waals surface area contributed by atoms with E-state index in [9.17, 15) is 18.3 Å². The van der Waals surface area contributed by atoms with Gasteiger partial charge in [0, 0.05) is 35.4 Å². The number of hydrogen-bond donors (Lipinski definition) is 4. The third kappa shape index (κ3) is 8.24. The summed E-state index contributed by atoms with van der Waals surface area (Å²) in [5, 5.41) is 16.6. The highest BCUT2D eigenvalue weighted by Gasteiger charge is 2.07. The van der Waals surface area contributed by atoms with E-state index in [1.165, 1.54) is 17.6 Å². The lowest BCUT2D eigenvalue weighted by atomic mass is 10.1. The Labute approximate surface area is 203 Å². The first kappa shape index (κ1) is 25.3. The van der Waals surface area contributed by atoms with Crippen LogP contribution in [0, 0.1) is 11.8 Å². The fourth-order valence-electron chi connectivity index (χ4n) is 3.33. The van der Waals surface area contributed by atoms with E-state index in [4.69, 9.17) is 5.73 Å². The SMILES string of the molecule is CS(=O)(=O)CCCCCCC(=O)Nc1cccc(NCC#Cc2cc(O)c3nc(N)sc3c2)c1. The monoisotopic (exact) mass is 500 g/mol. The number of nitrogens with one attached hydrogen (secondary N) is 2. The number of nitrogen functional groups attached to an aromatic ring is 1. The molecule has 0 fully saturated rings. The summed E-state index contributed by atoms with van der Waals surface area (Å²) in [6, 6.07) is 10.8. The molecule has 0 spiro atoms. The second-order valence-electron chi connectivity index (χ2n) is 7.97. The molecular weight excluding hydrogens is 472 g/mol. The van der Waals surface area contributed by atoms with Crippen molar-refractivity contribution in [2.75, 3.05) is 34.9 Å². The third-order valence-corrected chi connectivity index (χ3v) is 6.78. The van der Waals surface area contributed by atoms with E-state index >= 15 is 0 Å². The van der Waals surface area contributed by atoms with Gasteiger partial charge < -0.3 is 21.5 Å². The van der Waals surface area contributed by atoms with Crippen molar-refractivity contribution in [1.82, 2.24) is 4.98 Å². The molecule has 0 aliphatic carbocycles. The van der Waals surface area contributed by atoms with Crippen LogP contribution in [0.3, 0.4) is 0 Å². The lowest BCUT2D eigenvalue weighted by molar-refractivity contribution is -0.116. The minimum absolute atomic E-state index is 0.0556. The first-order chi connectivity index (χ1) is 16.2. The molecule has 1 heterocycles. The molecule has 0 aliphatic heterocycles. The normalized spacial score (nSPS) is 11.1. The van der Waals surface area contributed by atoms with E-state index in [0.29, 0.717) is 41.3 Å². The molecule has 3 rings (SSSR count). The number of amides is 1. The van der Waals surface area contributed by atoms with Crippen molar-refractivity contribution in [3.05, 3.63) is 42.0 Å². The zero-order valence-electron chi connectivity index (χ0n) is 18.9. The van der Waals surface area contributed by atoms with Crippen molar-refractivity contribution < 1.29 is 18.3 Å². The topological polar surface area (TPSA) is 134 Å². The average Bonchev–Trinajstić information content (AvgIpc) is 3.14. The summed E-state index contributed by atoms with van der Waals surface area (Å²) in [5.41, 5.74) is 8.37. The van der Waals surface area contributed by atoms with Gasteiger partial charge in [0.05, 0.1) is 11.2 Å². The van der Waals surface area contributed by atoms with Crippen molar-refractivity contribution in [3.63, 3.8) is 0 Å². The molecule has 1 aromatic heterocycles. The third-order valence-electron chi connectivity index (χ3n) is 4.92. The predicted octanol–water partition coefficient (Wildman–Crippen LogP) is 3.98. The maximum absolute atomic E-state index is 12.2. The van der Waals surface area contributed by atoms with Crippen LogP contribution in [0.25, 0.3) is 10.2 Å². The first-order valence-electron chi connectivity index (χ1n) is 10.9. The molecule has 0 atom stereocenters. The zero-order chi connectivity index (χ0) is 24.6. The van der Waals surface area contributed by atoms with Crippen LogP contribution in [0.1, 0.15) is 37.7 Å². The number of anilines is 3. The van der Waals surface area contributed by atoms with Crippen molar-refractivity contribution in [2.45, 2.75) is 32.1 Å². The smallest absolute Gasteiger partial charge is 0.224 e. The molecule has 8 nitrogen and oxygen atoms in total. The highest BCUT2D eigenvalue weighted by Crippen LogP contribution is 2.31. The van der Waals surface area contributed by atoms with Crippen LogP contribution in [-0.4, -0.2) is 43.0 Å². The maximum atomic E-state index is 12.2. The molecule has 0 radical (unpaired) electrons.